The summed E-state index contributed by atoms with van der Waals surface area (Å²) in [5.41, 5.74) is -0.708. The Kier molecular flexibility index (Phi) is 9.15. The second-order valence-electron chi connectivity index (χ2n) is 13.4. The van der Waals surface area contributed by atoms with E-state index < -0.39 is 29.7 Å². The molecule has 6 rings (SSSR count). The van der Waals surface area contributed by atoms with Crippen LogP contribution in [0.2, 0.25) is 0 Å². The third-order valence-electron chi connectivity index (χ3n) is 8.62. The summed E-state index contributed by atoms with van der Waals surface area (Å²) in [5.74, 6) is 0.712. The quantitative estimate of drug-likeness (QED) is 0.305. The third-order valence-corrected chi connectivity index (χ3v) is 8.62. The number of nitrogens with one attached hydrogen (secondary N) is 2. The van der Waals surface area contributed by atoms with Crippen LogP contribution in [0.1, 0.15) is 87.9 Å². The second-order valence-corrected chi connectivity index (χ2v) is 13.4. The van der Waals surface area contributed by atoms with Crippen LogP contribution in [0.4, 0.5) is 25.1 Å². The largest absolute Gasteiger partial charge is 0.444 e. The van der Waals surface area contributed by atoms with E-state index >= 15 is 0 Å². The number of hydrogen-bond donors (Lipinski definition) is 2. The normalized spacial score (nSPS) is 20.4. The molecule has 0 atom stereocenters. The maximum absolute atomic E-state index is 14.0. The van der Waals surface area contributed by atoms with Crippen molar-refractivity contribution in [2.24, 2.45) is 5.92 Å². The van der Waals surface area contributed by atoms with Gasteiger partial charge in [0.2, 0.25) is 11.8 Å². The molecule has 1 aliphatic heterocycles. The molecular weight excluding hydrogens is 614 g/mol. The Morgan fingerprint density at radius 2 is 1.85 bits per heavy atom. The van der Waals surface area contributed by atoms with Gasteiger partial charge in [0.05, 0.1) is 11.7 Å². The van der Waals surface area contributed by atoms with Gasteiger partial charge in [0.1, 0.15) is 24.2 Å². The summed E-state index contributed by atoms with van der Waals surface area (Å²) in [7, 11) is 0. The molecule has 0 aromatic carbocycles. The Hall–Kier alpha value is -4.56. The van der Waals surface area contributed by atoms with E-state index in [4.69, 9.17) is 9.15 Å². The zero-order chi connectivity index (χ0) is 33.3. The van der Waals surface area contributed by atoms with E-state index in [9.17, 15) is 23.2 Å². The van der Waals surface area contributed by atoms with Crippen LogP contribution >= 0.6 is 0 Å². The predicted octanol–water partition coefficient (Wildman–Crippen LogP) is 5.51. The molecule has 2 saturated carbocycles. The van der Waals surface area contributed by atoms with Gasteiger partial charge in [-0.25, -0.2) is 23.5 Å². The fourth-order valence-corrected chi connectivity index (χ4v) is 5.97. The van der Waals surface area contributed by atoms with Crippen molar-refractivity contribution < 1.29 is 32.3 Å². The van der Waals surface area contributed by atoms with Gasteiger partial charge in [0.15, 0.2) is 11.4 Å². The third kappa shape index (κ3) is 7.88. The van der Waals surface area contributed by atoms with Crippen LogP contribution < -0.4 is 10.6 Å². The number of aromatic nitrogens is 4. The fourth-order valence-electron chi connectivity index (χ4n) is 5.97. The first-order valence-electron chi connectivity index (χ1n) is 16.1. The summed E-state index contributed by atoms with van der Waals surface area (Å²) in [6.45, 7) is 6.93. The lowest BCUT2D eigenvalue weighted by Gasteiger charge is -2.41. The average Bonchev–Trinajstić information content (AvgIpc) is 3.55. The van der Waals surface area contributed by atoms with Gasteiger partial charge < -0.3 is 24.7 Å². The van der Waals surface area contributed by atoms with Crippen molar-refractivity contribution in [1.82, 2.24) is 29.5 Å². The summed E-state index contributed by atoms with van der Waals surface area (Å²) < 4.78 is 40.4. The van der Waals surface area contributed by atoms with Crippen LogP contribution in [0.5, 0.6) is 0 Å². The highest BCUT2D eigenvalue weighted by Gasteiger charge is 2.36. The van der Waals surface area contributed by atoms with E-state index in [0.717, 1.165) is 6.54 Å². The smallest absolute Gasteiger partial charge is 0.410 e. The molecule has 3 aliphatic rings. The van der Waals surface area contributed by atoms with Crippen molar-refractivity contribution in [1.29, 1.82) is 0 Å². The Morgan fingerprint density at radius 1 is 1.11 bits per heavy atom. The van der Waals surface area contributed by atoms with Gasteiger partial charge in [0.25, 0.3) is 12.3 Å². The summed E-state index contributed by atoms with van der Waals surface area (Å²) in [4.78, 5) is 50.2. The van der Waals surface area contributed by atoms with Gasteiger partial charge in [-0.3, -0.25) is 19.2 Å². The SMILES string of the molecule is CC(C)(C)OC(=O)N1CCN([C@H]2CC[C@H](n3cc(NC(=O)c4coc(-c5ccnc(NCC6CC6)c5)n4)c(C(F)F)n3)CC2)C(=O)C1. The van der Waals surface area contributed by atoms with E-state index in [-0.39, 0.29) is 41.8 Å². The van der Waals surface area contributed by atoms with Gasteiger partial charge in [-0.05, 0) is 77.3 Å². The van der Waals surface area contributed by atoms with Gasteiger partial charge in [0, 0.05) is 43.6 Å². The lowest BCUT2D eigenvalue weighted by Crippen LogP contribution is -2.56. The van der Waals surface area contributed by atoms with Gasteiger partial charge >= 0.3 is 6.09 Å². The molecule has 47 heavy (non-hydrogen) atoms. The molecule has 1 saturated heterocycles. The minimum atomic E-state index is -2.91. The topological polar surface area (TPSA) is 148 Å². The number of anilines is 2. The molecular formula is C32H40F2N8O5. The summed E-state index contributed by atoms with van der Waals surface area (Å²) in [5, 5.41) is 9.96. The number of nitrogens with zero attached hydrogens (tertiary/aromatic N) is 6. The number of alkyl halides is 2. The van der Waals surface area contributed by atoms with Crippen LogP contribution in [-0.2, 0) is 9.53 Å². The van der Waals surface area contributed by atoms with Crippen LogP contribution in [0.3, 0.4) is 0 Å². The average molecular weight is 655 g/mol. The lowest BCUT2D eigenvalue weighted by atomic mass is 9.90. The number of ether oxygens (including phenoxy) is 1. The van der Waals surface area contributed by atoms with E-state index in [1.165, 1.54) is 34.9 Å². The number of piperazine rings is 1. The van der Waals surface area contributed by atoms with Crippen LogP contribution in [0.15, 0.2) is 35.2 Å². The highest BCUT2D eigenvalue weighted by atomic mass is 19.3. The lowest BCUT2D eigenvalue weighted by molar-refractivity contribution is -0.139. The van der Waals surface area contributed by atoms with Crippen molar-refractivity contribution in [3.63, 3.8) is 0 Å². The van der Waals surface area contributed by atoms with E-state index in [2.05, 4.69) is 25.7 Å². The molecule has 3 aromatic rings. The highest BCUT2D eigenvalue weighted by molar-refractivity contribution is 6.03. The number of oxazole rings is 1. The van der Waals surface area contributed by atoms with Crippen molar-refractivity contribution in [2.45, 2.75) is 83.4 Å². The molecule has 3 aromatic heterocycles. The second kappa shape index (κ2) is 13.3. The number of rotatable bonds is 9. The van der Waals surface area contributed by atoms with Crippen LogP contribution in [0.25, 0.3) is 11.5 Å². The molecule has 3 fully saturated rings. The first-order valence-corrected chi connectivity index (χ1v) is 16.1. The minimum Gasteiger partial charge on any atom is -0.444 e. The molecule has 4 heterocycles. The van der Waals surface area contributed by atoms with Crippen LogP contribution in [0, 0.1) is 5.92 Å². The fraction of sp³-hybridized carbons (Fsp3) is 0.562. The molecule has 3 amide bonds. The number of pyridine rings is 1. The van der Waals surface area contributed by atoms with Gasteiger partial charge in [-0.2, -0.15) is 5.10 Å². The van der Waals surface area contributed by atoms with Crippen molar-refractivity contribution >= 4 is 29.4 Å². The summed E-state index contributed by atoms with van der Waals surface area (Å²) in [6.07, 6.45) is 5.76. The van der Waals surface area contributed by atoms with Gasteiger partial charge in [-0.1, -0.05) is 0 Å². The minimum absolute atomic E-state index is 0.0179. The van der Waals surface area contributed by atoms with Crippen molar-refractivity contribution in [2.75, 3.05) is 36.8 Å². The number of halogens is 2. The van der Waals surface area contributed by atoms with E-state index in [1.807, 2.05) is 0 Å². The number of carbonyl (C=O) groups is 3. The predicted molar refractivity (Wildman–Crippen MR) is 167 cm³/mol. The van der Waals surface area contributed by atoms with Crippen LogP contribution in [-0.4, -0.2) is 85.3 Å². The van der Waals surface area contributed by atoms with Crippen molar-refractivity contribution in [3.05, 3.63) is 42.2 Å². The first kappa shape index (κ1) is 32.4. The standard InChI is InChI=1S/C32H40F2N8O5/c1-32(2,3)47-31(45)40-12-13-41(26(43)17-40)21-6-8-22(9-7-21)42-16-23(27(39-42)28(33)34)37-29(44)24-18-46-30(38-24)20-10-11-35-25(14-20)36-15-19-4-5-19/h10-11,14,16,18-19,21-22,28H,4-9,12-13,15,17H2,1-3H3,(H,35,36)(H,37,44)/t21-,22-. The van der Waals surface area contributed by atoms with Crippen molar-refractivity contribution in [3.8, 4) is 11.5 Å². The number of amides is 3. The molecule has 15 heteroatoms. The Labute approximate surface area is 271 Å². The molecule has 2 aliphatic carbocycles. The number of carbonyl (C=O) groups excluding carboxylic acids is 3. The Bertz CT molecular complexity index is 1610. The van der Waals surface area contributed by atoms with E-state index in [0.29, 0.717) is 56.1 Å². The van der Waals surface area contributed by atoms with E-state index in [1.54, 1.807) is 44.0 Å². The highest BCUT2D eigenvalue weighted by Crippen LogP contribution is 2.35. The molecule has 0 radical (unpaired) electrons. The molecule has 0 bridgehead atoms. The first-order chi connectivity index (χ1) is 22.4. The summed E-state index contributed by atoms with van der Waals surface area (Å²) in [6, 6.07) is 3.30. The summed E-state index contributed by atoms with van der Waals surface area (Å²) >= 11 is 0. The molecule has 2 N–H and O–H groups in total. The molecule has 252 valence electrons. The number of hydrogen-bond acceptors (Lipinski definition) is 9. The molecule has 13 nitrogen and oxygen atoms in total. The molecule has 0 unspecified atom stereocenters. The maximum atomic E-state index is 14.0. The Morgan fingerprint density at radius 3 is 2.53 bits per heavy atom. The zero-order valence-corrected chi connectivity index (χ0v) is 26.7. The monoisotopic (exact) mass is 654 g/mol. The maximum Gasteiger partial charge on any atom is 0.410 e. The zero-order valence-electron chi connectivity index (χ0n) is 26.7. The van der Waals surface area contributed by atoms with Gasteiger partial charge in [-0.15, -0.1) is 0 Å². The Balaban J connectivity index is 1.05. The molecule has 0 spiro atoms.